The standard InChI is InChI=1S/C25H22FNO4/c26-19-12-10-18(11-13-19)24(25(29)27-20-14-15-20)31-23(28)16-30-22-9-5-4-8-21(22)17-6-2-1-3-7-17/h1-13,20,24H,14-16H2,(H,27,29). The smallest absolute Gasteiger partial charge is 0.345 e. The third-order valence-corrected chi connectivity index (χ3v) is 4.90. The Morgan fingerprint density at radius 1 is 0.935 bits per heavy atom. The van der Waals surface area contributed by atoms with E-state index in [4.69, 9.17) is 9.47 Å². The molecule has 3 aromatic carbocycles. The Kier molecular flexibility index (Phi) is 6.26. The molecular weight excluding hydrogens is 397 g/mol. The van der Waals surface area contributed by atoms with Gasteiger partial charge in [-0.3, -0.25) is 4.79 Å². The van der Waals surface area contributed by atoms with Crippen molar-refractivity contribution >= 4 is 11.9 Å². The van der Waals surface area contributed by atoms with Crippen LogP contribution < -0.4 is 10.1 Å². The van der Waals surface area contributed by atoms with Crippen LogP contribution in [0.5, 0.6) is 5.75 Å². The zero-order valence-electron chi connectivity index (χ0n) is 16.8. The number of halogens is 1. The van der Waals surface area contributed by atoms with Crippen LogP contribution in [-0.4, -0.2) is 24.5 Å². The van der Waals surface area contributed by atoms with Gasteiger partial charge in [-0.15, -0.1) is 0 Å². The molecular formula is C25H22FNO4. The molecule has 0 aliphatic heterocycles. The average molecular weight is 419 g/mol. The molecule has 1 aliphatic rings. The molecule has 31 heavy (non-hydrogen) atoms. The minimum atomic E-state index is -1.17. The Bertz CT molecular complexity index is 1050. The van der Waals surface area contributed by atoms with Gasteiger partial charge in [-0.25, -0.2) is 9.18 Å². The maximum Gasteiger partial charge on any atom is 0.345 e. The molecule has 1 saturated carbocycles. The van der Waals surface area contributed by atoms with Crippen molar-refractivity contribution in [3.63, 3.8) is 0 Å². The van der Waals surface area contributed by atoms with Crippen molar-refractivity contribution in [3.05, 3.63) is 90.2 Å². The Hall–Kier alpha value is -3.67. The average Bonchev–Trinajstić information content (AvgIpc) is 3.61. The summed E-state index contributed by atoms with van der Waals surface area (Å²) in [5.41, 5.74) is 2.20. The van der Waals surface area contributed by atoms with E-state index in [-0.39, 0.29) is 12.6 Å². The zero-order chi connectivity index (χ0) is 21.6. The molecule has 1 amide bonds. The number of esters is 1. The van der Waals surface area contributed by atoms with Gasteiger partial charge in [0, 0.05) is 17.2 Å². The molecule has 6 heteroatoms. The first-order valence-electron chi connectivity index (χ1n) is 10.1. The highest BCUT2D eigenvalue weighted by Gasteiger charge is 2.31. The third kappa shape index (κ3) is 5.48. The van der Waals surface area contributed by atoms with Gasteiger partial charge in [0.15, 0.2) is 6.61 Å². The monoisotopic (exact) mass is 419 g/mol. The molecule has 3 aromatic rings. The number of para-hydroxylation sites is 1. The summed E-state index contributed by atoms with van der Waals surface area (Å²) in [6, 6.07) is 22.5. The molecule has 0 heterocycles. The molecule has 1 unspecified atom stereocenters. The number of hydrogen-bond acceptors (Lipinski definition) is 4. The fourth-order valence-electron chi connectivity index (χ4n) is 3.17. The lowest BCUT2D eigenvalue weighted by molar-refractivity contribution is -0.158. The summed E-state index contributed by atoms with van der Waals surface area (Å²) in [6.07, 6.45) is 0.631. The quantitative estimate of drug-likeness (QED) is 0.549. The van der Waals surface area contributed by atoms with E-state index in [0.717, 1.165) is 24.0 Å². The van der Waals surface area contributed by atoms with Crippen molar-refractivity contribution in [2.24, 2.45) is 0 Å². The van der Waals surface area contributed by atoms with Gasteiger partial charge in [0.05, 0.1) is 0 Å². The van der Waals surface area contributed by atoms with Gasteiger partial charge in [0.2, 0.25) is 6.10 Å². The summed E-state index contributed by atoms with van der Waals surface area (Å²) in [5.74, 6) is -1.01. The number of benzene rings is 3. The number of nitrogens with one attached hydrogen (secondary N) is 1. The van der Waals surface area contributed by atoms with E-state index in [0.29, 0.717) is 11.3 Å². The van der Waals surface area contributed by atoms with Crippen LogP contribution in [0.3, 0.4) is 0 Å². The van der Waals surface area contributed by atoms with E-state index in [9.17, 15) is 14.0 Å². The fraction of sp³-hybridized carbons (Fsp3) is 0.200. The van der Waals surface area contributed by atoms with Crippen LogP contribution in [0.15, 0.2) is 78.9 Å². The Labute approximate surface area is 179 Å². The minimum Gasteiger partial charge on any atom is -0.481 e. The van der Waals surface area contributed by atoms with E-state index in [1.54, 1.807) is 6.07 Å². The second kappa shape index (κ2) is 9.43. The van der Waals surface area contributed by atoms with Crippen LogP contribution >= 0.6 is 0 Å². The molecule has 0 saturated heterocycles. The lowest BCUT2D eigenvalue weighted by Crippen LogP contribution is -2.34. The predicted molar refractivity (Wildman–Crippen MR) is 114 cm³/mol. The highest BCUT2D eigenvalue weighted by Crippen LogP contribution is 2.30. The number of hydrogen-bond donors (Lipinski definition) is 1. The van der Waals surface area contributed by atoms with Gasteiger partial charge < -0.3 is 14.8 Å². The fourth-order valence-corrected chi connectivity index (χ4v) is 3.17. The Morgan fingerprint density at radius 2 is 1.61 bits per heavy atom. The van der Waals surface area contributed by atoms with Crippen LogP contribution in [0.25, 0.3) is 11.1 Å². The maximum atomic E-state index is 13.3. The van der Waals surface area contributed by atoms with E-state index in [1.165, 1.54) is 24.3 Å². The summed E-state index contributed by atoms with van der Waals surface area (Å²) in [7, 11) is 0. The van der Waals surface area contributed by atoms with E-state index in [1.807, 2.05) is 48.5 Å². The molecule has 1 N–H and O–H groups in total. The molecule has 1 atom stereocenters. The number of ether oxygens (including phenoxy) is 2. The van der Waals surface area contributed by atoms with Crippen molar-refractivity contribution < 1.29 is 23.5 Å². The second-order valence-electron chi connectivity index (χ2n) is 7.36. The van der Waals surface area contributed by atoms with E-state index in [2.05, 4.69) is 5.32 Å². The number of carbonyl (C=O) groups excluding carboxylic acids is 2. The van der Waals surface area contributed by atoms with Gasteiger partial charge in [-0.1, -0.05) is 60.7 Å². The molecule has 0 radical (unpaired) electrons. The van der Waals surface area contributed by atoms with Crippen molar-refractivity contribution in [1.82, 2.24) is 5.32 Å². The van der Waals surface area contributed by atoms with Gasteiger partial charge in [-0.05, 0) is 36.6 Å². The van der Waals surface area contributed by atoms with Crippen molar-refractivity contribution in [2.45, 2.75) is 25.0 Å². The van der Waals surface area contributed by atoms with Gasteiger partial charge in [-0.2, -0.15) is 0 Å². The lowest BCUT2D eigenvalue weighted by Gasteiger charge is -2.18. The second-order valence-corrected chi connectivity index (χ2v) is 7.36. The zero-order valence-corrected chi connectivity index (χ0v) is 16.8. The predicted octanol–water partition coefficient (Wildman–Crippen LogP) is 4.43. The summed E-state index contributed by atoms with van der Waals surface area (Å²) in [4.78, 5) is 25.1. The molecule has 0 aromatic heterocycles. The first-order chi connectivity index (χ1) is 15.1. The third-order valence-electron chi connectivity index (χ3n) is 4.90. The molecule has 5 nitrogen and oxygen atoms in total. The Balaban J connectivity index is 1.45. The number of carbonyl (C=O) groups is 2. The van der Waals surface area contributed by atoms with Crippen LogP contribution in [-0.2, 0) is 14.3 Å². The SMILES string of the molecule is O=C(COc1ccccc1-c1ccccc1)OC(C(=O)NC1CC1)c1ccc(F)cc1. The van der Waals surface area contributed by atoms with Gasteiger partial charge in [0.1, 0.15) is 11.6 Å². The molecule has 0 bridgehead atoms. The molecule has 1 fully saturated rings. The first kappa shape index (κ1) is 20.6. The minimum absolute atomic E-state index is 0.100. The van der Waals surface area contributed by atoms with Gasteiger partial charge >= 0.3 is 5.97 Å². The highest BCUT2D eigenvalue weighted by molar-refractivity contribution is 5.85. The lowest BCUT2D eigenvalue weighted by atomic mass is 10.1. The van der Waals surface area contributed by atoms with Crippen LogP contribution in [0.1, 0.15) is 24.5 Å². The molecule has 1 aliphatic carbocycles. The molecule has 158 valence electrons. The topological polar surface area (TPSA) is 64.6 Å². The van der Waals surface area contributed by atoms with Crippen molar-refractivity contribution in [1.29, 1.82) is 0 Å². The van der Waals surface area contributed by atoms with Crippen molar-refractivity contribution in [2.75, 3.05) is 6.61 Å². The summed E-state index contributed by atoms with van der Waals surface area (Å²) in [6.45, 7) is -0.363. The number of amides is 1. The summed E-state index contributed by atoms with van der Waals surface area (Å²) in [5, 5.41) is 2.83. The number of rotatable bonds is 8. The highest BCUT2D eigenvalue weighted by atomic mass is 19.1. The normalized spacial score (nSPS) is 13.8. The summed E-state index contributed by atoms with van der Waals surface area (Å²) >= 11 is 0. The molecule has 0 spiro atoms. The first-order valence-corrected chi connectivity index (χ1v) is 10.1. The largest absolute Gasteiger partial charge is 0.481 e. The maximum absolute atomic E-state index is 13.3. The summed E-state index contributed by atoms with van der Waals surface area (Å²) < 4.78 is 24.4. The Morgan fingerprint density at radius 3 is 2.32 bits per heavy atom. The van der Waals surface area contributed by atoms with Crippen LogP contribution in [0, 0.1) is 5.82 Å². The van der Waals surface area contributed by atoms with Crippen molar-refractivity contribution in [3.8, 4) is 16.9 Å². The van der Waals surface area contributed by atoms with Crippen LogP contribution in [0.4, 0.5) is 4.39 Å². The molecule has 4 rings (SSSR count). The van der Waals surface area contributed by atoms with E-state index < -0.39 is 23.8 Å². The van der Waals surface area contributed by atoms with Gasteiger partial charge in [0.25, 0.3) is 5.91 Å². The van der Waals surface area contributed by atoms with E-state index >= 15 is 0 Å². The van der Waals surface area contributed by atoms with Crippen LogP contribution in [0.2, 0.25) is 0 Å².